The molecule has 0 amide bonds. The minimum absolute atomic E-state index is 0.333. The summed E-state index contributed by atoms with van der Waals surface area (Å²) in [5.41, 5.74) is 4.25. The number of unbranched alkanes of at least 4 members (excludes halogenated alkanes) is 2. The van der Waals surface area contributed by atoms with E-state index in [1.807, 2.05) is 31.2 Å². The molecule has 2 aromatic rings. The van der Waals surface area contributed by atoms with Gasteiger partial charge in [0.05, 0.1) is 10.6 Å². The van der Waals surface area contributed by atoms with Crippen LogP contribution in [-0.4, -0.2) is 15.5 Å². The summed E-state index contributed by atoms with van der Waals surface area (Å²) in [7, 11) is -1.90. The van der Waals surface area contributed by atoms with E-state index in [9.17, 15) is 8.42 Å². The molecule has 0 aromatic heterocycles. The average molecular weight is 374 g/mol. The van der Waals surface area contributed by atoms with Crippen LogP contribution >= 0.6 is 0 Å². The van der Waals surface area contributed by atoms with Crippen LogP contribution in [0.2, 0.25) is 0 Å². The molecule has 3 nitrogen and oxygen atoms in total. The van der Waals surface area contributed by atoms with Gasteiger partial charge in [-0.15, -0.1) is 0 Å². The molecule has 0 atom stereocenters. The molecular weight excluding hydrogens is 342 g/mol. The lowest BCUT2D eigenvalue weighted by atomic mass is 10.0. The Kier molecular flexibility index (Phi) is 7.27. The fourth-order valence-electron chi connectivity index (χ4n) is 2.98. The molecule has 0 saturated carbocycles. The lowest BCUT2D eigenvalue weighted by Gasteiger charge is -2.21. The fourth-order valence-corrected chi connectivity index (χ4v) is 4.16. The Bertz CT molecular complexity index is 784. The highest BCUT2D eigenvalue weighted by atomic mass is 32.2. The number of rotatable bonds is 9. The van der Waals surface area contributed by atoms with E-state index >= 15 is 0 Å². The van der Waals surface area contributed by atoms with Gasteiger partial charge in [-0.05, 0) is 68.0 Å². The predicted octanol–water partition coefficient (Wildman–Crippen LogP) is 5.51. The van der Waals surface area contributed by atoms with Crippen molar-refractivity contribution in [1.82, 2.24) is 0 Å². The summed E-state index contributed by atoms with van der Waals surface area (Å²) in [6.45, 7) is 6.31. The molecule has 2 aromatic carbocycles. The molecule has 0 aliphatic heterocycles. The Balaban J connectivity index is 2.38. The highest BCUT2D eigenvalue weighted by Gasteiger charge is 2.21. The molecule has 2 rings (SSSR count). The number of anilines is 1. The van der Waals surface area contributed by atoms with Crippen LogP contribution in [0.25, 0.3) is 0 Å². The Morgan fingerprint density at radius 2 is 1.35 bits per heavy atom. The maximum Gasteiger partial charge on any atom is 0.264 e. The largest absolute Gasteiger partial charge is 0.269 e. The predicted molar refractivity (Wildman–Crippen MR) is 110 cm³/mol. The third-order valence-corrected chi connectivity index (χ3v) is 6.52. The van der Waals surface area contributed by atoms with Gasteiger partial charge in [-0.3, -0.25) is 4.31 Å². The van der Waals surface area contributed by atoms with E-state index in [2.05, 4.69) is 19.9 Å². The topological polar surface area (TPSA) is 37.4 Å². The summed E-state index contributed by atoms with van der Waals surface area (Å²) in [4.78, 5) is 0.333. The highest BCUT2D eigenvalue weighted by Crippen LogP contribution is 2.26. The van der Waals surface area contributed by atoms with E-state index in [0.29, 0.717) is 4.90 Å². The monoisotopic (exact) mass is 373 g/mol. The Hall–Kier alpha value is -1.81. The van der Waals surface area contributed by atoms with Crippen molar-refractivity contribution in [3.8, 4) is 0 Å². The first-order chi connectivity index (χ1) is 12.4. The van der Waals surface area contributed by atoms with Crippen molar-refractivity contribution in [3.05, 3.63) is 59.2 Å². The number of hydrogen-bond donors (Lipinski definition) is 0. The second kappa shape index (κ2) is 9.22. The summed E-state index contributed by atoms with van der Waals surface area (Å²) in [6, 6.07) is 13.3. The van der Waals surface area contributed by atoms with Crippen LogP contribution in [0.15, 0.2) is 47.4 Å². The van der Waals surface area contributed by atoms with Crippen LogP contribution in [0.5, 0.6) is 0 Å². The smallest absolute Gasteiger partial charge is 0.264 e. The van der Waals surface area contributed by atoms with Gasteiger partial charge in [0, 0.05) is 7.05 Å². The van der Waals surface area contributed by atoms with Gasteiger partial charge in [0.2, 0.25) is 0 Å². The first-order valence-corrected chi connectivity index (χ1v) is 11.0. The number of aryl methyl sites for hydroxylation is 3. The number of sulfonamides is 1. The first-order valence-electron chi connectivity index (χ1n) is 9.57. The summed E-state index contributed by atoms with van der Waals surface area (Å²) < 4.78 is 27.5. The normalized spacial score (nSPS) is 11.5. The molecule has 0 N–H and O–H groups in total. The maximum atomic E-state index is 13.0. The van der Waals surface area contributed by atoms with Crippen molar-refractivity contribution >= 4 is 15.7 Å². The molecule has 0 radical (unpaired) electrons. The van der Waals surface area contributed by atoms with Crippen LogP contribution < -0.4 is 4.31 Å². The lowest BCUT2D eigenvalue weighted by molar-refractivity contribution is 0.594. The van der Waals surface area contributed by atoms with Crippen LogP contribution in [-0.2, 0) is 22.9 Å². The number of benzene rings is 2. The summed E-state index contributed by atoms with van der Waals surface area (Å²) in [5, 5.41) is 0. The molecule has 0 heterocycles. The van der Waals surface area contributed by atoms with Gasteiger partial charge in [-0.25, -0.2) is 8.42 Å². The zero-order valence-electron chi connectivity index (χ0n) is 16.5. The number of nitrogens with zero attached hydrogens (tertiary/aromatic N) is 1. The third kappa shape index (κ3) is 5.10. The summed E-state index contributed by atoms with van der Waals surface area (Å²) in [5.74, 6) is 0. The fraction of sp³-hybridized carbons (Fsp3) is 0.455. The van der Waals surface area contributed by atoms with Crippen molar-refractivity contribution in [2.45, 2.75) is 64.2 Å². The van der Waals surface area contributed by atoms with Gasteiger partial charge in [0.1, 0.15) is 0 Å². The molecule has 142 valence electrons. The van der Waals surface area contributed by atoms with E-state index in [-0.39, 0.29) is 0 Å². The molecule has 26 heavy (non-hydrogen) atoms. The second-order valence-electron chi connectivity index (χ2n) is 7.00. The van der Waals surface area contributed by atoms with Crippen molar-refractivity contribution in [2.75, 3.05) is 11.4 Å². The van der Waals surface area contributed by atoms with Crippen LogP contribution in [0.4, 0.5) is 5.69 Å². The van der Waals surface area contributed by atoms with Gasteiger partial charge in [-0.2, -0.15) is 0 Å². The number of hydrogen-bond acceptors (Lipinski definition) is 2. The Morgan fingerprint density at radius 1 is 0.846 bits per heavy atom. The van der Waals surface area contributed by atoms with Gasteiger partial charge in [0.25, 0.3) is 10.0 Å². The average Bonchev–Trinajstić information content (AvgIpc) is 2.64. The molecule has 0 spiro atoms. The van der Waals surface area contributed by atoms with E-state index in [0.717, 1.165) is 49.8 Å². The van der Waals surface area contributed by atoms with Crippen molar-refractivity contribution in [2.24, 2.45) is 0 Å². The SMILES string of the molecule is CCCCc1cc(CCCC)cc(N(C)S(=O)(=O)c2ccc(C)cc2)c1. The van der Waals surface area contributed by atoms with Gasteiger partial charge in [-0.1, -0.05) is 50.5 Å². The van der Waals surface area contributed by atoms with E-state index in [4.69, 9.17) is 0 Å². The Labute approximate surface area is 159 Å². The summed E-state index contributed by atoms with van der Waals surface area (Å²) >= 11 is 0. The zero-order valence-corrected chi connectivity index (χ0v) is 17.3. The molecule has 0 saturated heterocycles. The summed E-state index contributed by atoms with van der Waals surface area (Å²) in [6.07, 6.45) is 6.47. The van der Waals surface area contributed by atoms with Crippen LogP contribution in [0, 0.1) is 6.92 Å². The molecule has 0 unspecified atom stereocenters. The molecule has 4 heteroatoms. The molecule has 0 fully saturated rings. The van der Waals surface area contributed by atoms with E-state index in [1.54, 1.807) is 19.2 Å². The van der Waals surface area contributed by atoms with Gasteiger partial charge < -0.3 is 0 Å². The Morgan fingerprint density at radius 3 is 1.81 bits per heavy atom. The molecule has 0 aliphatic carbocycles. The quantitative estimate of drug-likeness (QED) is 0.581. The van der Waals surface area contributed by atoms with E-state index < -0.39 is 10.0 Å². The standard InChI is InChI=1S/C22H31NO2S/c1-5-7-9-19-15-20(10-8-6-2)17-21(16-19)23(4)26(24,25)22-13-11-18(3)12-14-22/h11-17H,5-10H2,1-4H3. The second-order valence-corrected chi connectivity index (χ2v) is 8.97. The van der Waals surface area contributed by atoms with Crippen molar-refractivity contribution in [3.63, 3.8) is 0 Å². The molecule has 0 bridgehead atoms. The van der Waals surface area contributed by atoms with E-state index in [1.165, 1.54) is 15.4 Å². The van der Waals surface area contributed by atoms with Crippen LogP contribution in [0.3, 0.4) is 0 Å². The van der Waals surface area contributed by atoms with Crippen molar-refractivity contribution in [1.29, 1.82) is 0 Å². The molecular formula is C22H31NO2S. The minimum Gasteiger partial charge on any atom is -0.269 e. The van der Waals surface area contributed by atoms with Crippen LogP contribution in [0.1, 0.15) is 56.2 Å². The van der Waals surface area contributed by atoms with Gasteiger partial charge in [0.15, 0.2) is 0 Å². The maximum absolute atomic E-state index is 13.0. The first kappa shape index (κ1) is 20.5. The van der Waals surface area contributed by atoms with Gasteiger partial charge >= 0.3 is 0 Å². The minimum atomic E-state index is -3.55. The van der Waals surface area contributed by atoms with Crippen molar-refractivity contribution < 1.29 is 8.42 Å². The highest BCUT2D eigenvalue weighted by molar-refractivity contribution is 7.92. The zero-order chi connectivity index (χ0) is 19.2. The third-order valence-electron chi connectivity index (χ3n) is 4.72. The molecule has 0 aliphatic rings. The lowest BCUT2D eigenvalue weighted by Crippen LogP contribution is -2.26.